The number of nitrogens with zero attached hydrogens (tertiary/aromatic N) is 3. The minimum atomic E-state index is -0.255. The Morgan fingerprint density at radius 3 is 2.52 bits per heavy atom. The minimum Gasteiger partial charge on any atom is -0.354 e. The largest absolute Gasteiger partial charge is 0.354 e. The van der Waals surface area contributed by atoms with Gasteiger partial charge in [-0.15, -0.1) is 0 Å². The number of aromatic nitrogens is 2. The van der Waals surface area contributed by atoms with Gasteiger partial charge in [0.25, 0.3) is 0 Å². The van der Waals surface area contributed by atoms with Crippen LogP contribution in [0.5, 0.6) is 0 Å². The molecule has 2 aromatic rings. The van der Waals surface area contributed by atoms with Gasteiger partial charge in [-0.3, -0.25) is 14.6 Å². The molecule has 1 amide bonds. The fourth-order valence-electron chi connectivity index (χ4n) is 3.29. The van der Waals surface area contributed by atoms with Crippen LogP contribution in [0.4, 0.5) is 0 Å². The molecule has 2 N–H and O–H groups in total. The lowest BCUT2D eigenvalue weighted by Gasteiger charge is -2.34. The molecule has 1 atom stereocenters. The predicted octanol–water partition coefficient (Wildman–Crippen LogP) is 2.41. The number of rotatable bonds is 7. The summed E-state index contributed by atoms with van der Waals surface area (Å²) in [6.45, 7) is 10.5. The van der Waals surface area contributed by atoms with Crippen molar-refractivity contribution in [3.05, 3.63) is 52.6 Å². The number of hydrogen-bond donors (Lipinski definition) is 2. The Morgan fingerprint density at radius 2 is 1.89 bits per heavy atom. The van der Waals surface area contributed by atoms with Crippen molar-refractivity contribution in [2.45, 2.75) is 26.3 Å². The number of hydrogen-bond acceptors (Lipinski definition) is 4. The van der Waals surface area contributed by atoms with Crippen molar-refractivity contribution in [2.24, 2.45) is 0 Å². The van der Waals surface area contributed by atoms with Gasteiger partial charge >= 0.3 is 0 Å². The number of H-pyrrole nitrogens is 1. The van der Waals surface area contributed by atoms with Crippen LogP contribution >= 0.6 is 11.6 Å². The maximum Gasteiger partial charge on any atom is 0.230 e. The number of halogens is 1. The van der Waals surface area contributed by atoms with Crippen LogP contribution in [0.3, 0.4) is 0 Å². The van der Waals surface area contributed by atoms with Crippen LogP contribution in [-0.2, 0) is 11.3 Å². The smallest absolute Gasteiger partial charge is 0.230 e. The summed E-state index contributed by atoms with van der Waals surface area (Å²) in [6.07, 6.45) is 1.75. The third-order valence-corrected chi connectivity index (χ3v) is 5.29. The van der Waals surface area contributed by atoms with Gasteiger partial charge in [-0.05, 0) is 31.5 Å². The standard InChI is InChI=1S/C20H28ClN5O/c1-15-13-23-19(24-15)16(2)20(27)22-7-8-25-9-11-26(12-10-25)14-17-3-5-18(21)6-4-17/h3-6,13,16H,7-12,14H2,1-2H3,(H,22,27)(H,23,24). The molecule has 1 aromatic heterocycles. The molecule has 0 aliphatic carbocycles. The second-order valence-electron chi connectivity index (χ2n) is 7.21. The van der Waals surface area contributed by atoms with Gasteiger partial charge in [0.1, 0.15) is 5.82 Å². The van der Waals surface area contributed by atoms with Crippen molar-refractivity contribution in [3.63, 3.8) is 0 Å². The highest BCUT2D eigenvalue weighted by Crippen LogP contribution is 2.13. The SMILES string of the molecule is Cc1cnc(C(C)C(=O)NCCN2CCN(Cc3ccc(Cl)cc3)CC2)[nH]1. The monoisotopic (exact) mass is 389 g/mol. The van der Waals surface area contributed by atoms with Crippen molar-refractivity contribution in [1.82, 2.24) is 25.1 Å². The second-order valence-corrected chi connectivity index (χ2v) is 7.64. The van der Waals surface area contributed by atoms with Crippen molar-refractivity contribution >= 4 is 17.5 Å². The molecule has 0 radical (unpaired) electrons. The molecule has 0 saturated carbocycles. The van der Waals surface area contributed by atoms with Gasteiger partial charge in [0.05, 0.1) is 5.92 Å². The van der Waals surface area contributed by atoms with E-state index in [9.17, 15) is 4.79 Å². The number of piperazine rings is 1. The molecule has 7 heteroatoms. The zero-order valence-electron chi connectivity index (χ0n) is 16.0. The molecule has 1 aliphatic heterocycles. The Kier molecular flexibility index (Phi) is 6.88. The molecule has 0 spiro atoms. The molecule has 1 fully saturated rings. The number of imidazole rings is 1. The van der Waals surface area contributed by atoms with E-state index in [1.807, 2.05) is 26.0 Å². The van der Waals surface area contributed by atoms with E-state index in [1.165, 1.54) is 5.56 Å². The average Bonchev–Trinajstić information content (AvgIpc) is 3.10. The van der Waals surface area contributed by atoms with Crippen LogP contribution in [0.15, 0.2) is 30.5 Å². The molecule has 2 heterocycles. The van der Waals surface area contributed by atoms with Crippen molar-refractivity contribution in [3.8, 4) is 0 Å². The number of aromatic amines is 1. The maximum atomic E-state index is 12.3. The quantitative estimate of drug-likeness (QED) is 0.763. The first kappa shape index (κ1) is 19.9. The molecule has 1 aromatic carbocycles. The number of benzene rings is 1. The number of carbonyl (C=O) groups is 1. The highest BCUT2D eigenvalue weighted by molar-refractivity contribution is 6.30. The number of aryl methyl sites for hydroxylation is 1. The first-order valence-corrected chi connectivity index (χ1v) is 9.87. The molecule has 27 heavy (non-hydrogen) atoms. The molecule has 1 saturated heterocycles. The molecule has 1 aliphatic rings. The molecular weight excluding hydrogens is 362 g/mol. The van der Waals surface area contributed by atoms with Crippen molar-refractivity contribution in [2.75, 3.05) is 39.3 Å². The van der Waals surface area contributed by atoms with Crippen molar-refractivity contribution in [1.29, 1.82) is 0 Å². The van der Waals surface area contributed by atoms with Gasteiger partial charge in [0.2, 0.25) is 5.91 Å². The fourth-order valence-corrected chi connectivity index (χ4v) is 3.41. The Hall–Kier alpha value is -1.89. The molecule has 1 unspecified atom stereocenters. The minimum absolute atomic E-state index is 0.0192. The van der Waals surface area contributed by atoms with Crippen LogP contribution in [-0.4, -0.2) is 64.9 Å². The van der Waals surface area contributed by atoms with Crippen LogP contribution < -0.4 is 5.32 Å². The Labute approximate surface area is 165 Å². The lowest BCUT2D eigenvalue weighted by atomic mass is 10.1. The fraction of sp³-hybridized carbons (Fsp3) is 0.500. The topological polar surface area (TPSA) is 64.3 Å². The zero-order chi connectivity index (χ0) is 19.2. The van der Waals surface area contributed by atoms with E-state index in [1.54, 1.807) is 6.20 Å². The third-order valence-electron chi connectivity index (χ3n) is 5.04. The number of carbonyl (C=O) groups excluding carboxylic acids is 1. The first-order valence-electron chi connectivity index (χ1n) is 9.49. The van der Waals surface area contributed by atoms with Gasteiger partial charge in [-0.25, -0.2) is 4.98 Å². The van der Waals surface area contributed by atoms with E-state index in [4.69, 9.17) is 11.6 Å². The van der Waals surface area contributed by atoms with E-state index < -0.39 is 0 Å². The summed E-state index contributed by atoms with van der Waals surface area (Å²) >= 11 is 5.94. The average molecular weight is 390 g/mol. The summed E-state index contributed by atoms with van der Waals surface area (Å²) in [5, 5.41) is 3.81. The highest BCUT2D eigenvalue weighted by atomic mass is 35.5. The van der Waals surface area contributed by atoms with E-state index in [2.05, 4.69) is 37.2 Å². The van der Waals surface area contributed by atoms with E-state index in [0.717, 1.165) is 55.8 Å². The van der Waals surface area contributed by atoms with Gasteiger partial charge < -0.3 is 10.3 Å². The van der Waals surface area contributed by atoms with Gasteiger partial charge in [-0.1, -0.05) is 23.7 Å². The highest BCUT2D eigenvalue weighted by Gasteiger charge is 2.19. The Bertz CT molecular complexity index is 737. The first-order chi connectivity index (χ1) is 13.0. The van der Waals surface area contributed by atoms with Crippen LogP contribution in [0, 0.1) is 6.92 Å². The molecule has 0 bridgehead atoms. The number of amides is 1. The Balaban J connectivity index is 1.34. The summed E-state index contributed by atoms with van der Waals surface area (Å²) in [5.74, 6) is 0.487. The third kappa shape index (κ3) is 5.79. The Morgan fingerprint density at radius 1 is 1.22 bits per heavy atom. The summed E-state index contributed by atoms with van der Waals surface area (Å²) < 4.78 is 0. The van der Waals surface area contributed by atoms with Crippen LogP contribution in [0.25, 0.3) is 0 Å². The van der Waals surface area contributed by atoms with Crippen LogP contribution in [0.2, 0.25) is 5.02 Å². The second kappa shape index (κ2) is 9.35. The summed E-state index contributed by atoms with van der Waals surface area (Å²) in [5.41, 5.74) is 2.27. The predicted molar refractivity (Wildman–Crippen MR) is 108 cm³/mol. The van der Waals surface area contributed by atoms with Crippen LogP contribution in [0.1, 0.15) is 29.9 Å². The normalized spacial score (nSPS) is 17.0. The summed E-state index contributed by atoms with van der Waals surface area (Å²) in [7, 11) is 0. The van der Waals surface area contributed by atoms with Gasteiger partial charge in [0, 0.05) is 62.7 Å². The summed E-state index contributed by atoms with van der Waals surface area (Å²) in [6, 6.07) is 8.07. The van der Waals surface area contributed by atoms with E-state index >= 15 is 0 Å². The number of nitrogens with one attached hydrogen (secondary N) is 2. The lowest BCUT2D eigenvalue weighted by Crippen LogP contribution is -2.48. The van der Waals surface area contributed by atoms with Gasteiger partial charge in [0.15, 0.2) is 0 Å². The molecule has 3 rings (SSSR count). The van der Waals surface area contributed by atoms with E-state index in [-0.39, 0.29) is 11.8 Å². The lowest BCUT2D eigenvalue weighted by molar-refractivity contribution is -0.122. The molecule has 146 valence electrons. The maximum absolute atomic E-state index is 12.3. The van der Waals surface area contributed by atoms with Crippen molar-refractivity contribution < 1.29 is 4.79 Å². The summed E-state index contributed by atoms with van der Waals surface area (Å²) in [4.78, 5) is 24.5. The van der Waals surface area contributed by atoms with Gasteiger partial charge in [-0.2, -0.15) is 0 Å². The van der Waals surface area contributed by atoms with E-state index in [0.29, 0.717) is 6.54 Å². The zero-order valence-corrected chi connectivity index (χ0v) is 16.8. The molecular formula is C20H28ClN5O. The molecule has 6 nitrogen and oxygen atoms in total.